The maximum Gasteiger partial charge on any atom is 0.282 e. The van der Waals surface area contributed by atoms with E-state index in [-0.39, 0.29) is 11.8 Å². The largest absolute Gasteiger partial charge is 0.366 e. The predicted octanol–water partition coefficient (Wildman–Crippen LogP) is 5.01. The van der Waals surface area contributed by atoms with Gasteiger partial charge in [0.05, 0.1) is 11.3 Å². The van der Waals surface area contributed by atoms with E-state index in [0.29, 0.717) is 38.5 Å². The molecule has 2 heterocycles. The molecule has 0 spiro atoms. The van der Waals surface area contributed by atoms with Crippen molar-refractivity contribution in [3.8, 4) is 0 Å². The van der Waals surface area contributed by atoms with Gasteiger partial charge in [-0.1, -0.05) is 48.3 Å². The van der Waals surface area contributed by atoms with Crippen LogP contribution < -0.4 is 4.90 Å². The summed E-state index contributed by atoms with van der Waals surface area (Å²) >= 11 is 12.1. The van der Waals surface area contributed by atoms with Crippen LogP contribution in [-0.4, -0.2) is 29.8 Å². The predicted molar refractivity (Wildman–Crippen MR) is 112 cm³/mol. The molecule has 4 nitrogen and oxygen atoms in total. The molecular formula is C22H20Cl2N2O2. The van der Waals surface area contributed by atoms with Crippen molar-refractivity contribution in [3.63, 3.8) is 0 Å². The molecule has 0 aliphatic carbocycles. The molecular weight excluding hydrogens is 395 g/mol. The standard InChI is InChI=1S/C22H20Cl2N2O2/c1-14-9-11-25(12-10-14)20-19(15-5-7-16(23)8-6-15)21(27)26(22(20)28)18-4-2-3-17(24)13-18/h2-8,13-14H,9-12H2,1H3. The summed E-state index contributed by atoms with van der Waals surface area (Å²) in [6, 6.07) is 13.9. The maximum absolute atomic E-state index is 13.4. The third kappa shape index (κ3) is 3.43. The number of amides is 2. The number of piperidine rings is 1. The molecule has 0 bridgehead atoms. The van der Waals surface area contributed by atoms with Gasteiger partial charge in [0.25, 0.3) is 11.8 Å². The molecule has 2 amide bonds. The number of carbonyl (C=O) groups excluding carboxylic acids is 2. The second-order valence-electron chi connectivity index (χ2n) is 7.33. The highest BCUT2D eigenvalue weighted by atomic mass is 35.5. The first-order valence-electron chi connectivity index (χ1n) is 9.35. The highest BCUT2D eigenvalue weighted by Gasteiger charge is 2.43. The molecule has 0 N–H and O–H groups in total. The van der Waals surface area contributed by atoms with Crippen molar-refractivity contribution in [1.29, 1.82) is 0 Å². The highest BCUT2D eigenvalue weighted by molar-refractivity contribution is 6.45. The summed E-state index contributed by atoms with van der Waals surface area (Å²) in [5.41, 5.74) is 2.07. The van der Waals surface area contributed by atoms with Gasteiger partial charge in [-0.25, -0.2) is 4.90 Å². The number of nitrogens with zero attached hydrogens (tertiary/aromatic N) is 2. The van der Waals surface area contributed by atoms with Crippen LogP contribution >= 0.6 is 23.2 Å². The Bertz CT molecular complexity index is 961. The third-order valence-electron chi connectivity index (χ3n) is 5.36. The molecule has 1 fully saturated rings. The topological polar surface area (TPSA) is 40.6 Å². The molecule has 2 aromatic carbocycles. The number of hydrogen-bond acceptors (Lipinski definition) is 3. The molecule has 2 aromatic rings. The van der Waals surface area contributed by atoms with Gasteiger partial charge >= 0.3 is 0 Å². The lowest BCUT2D eigenvalue weighted by molar-refractivity contribution is -0.120. The Labute approximate surface area is 174 Å². The van der Waals surface area contributed by atoms with Crippen molar-refractivity contribution in [1.82, 2.24) is 4.90 Å². The lowest BCUT2D eigenvalue weighted by Crippen LogP contribution is -2.38. The Morgan fingerprint density at radius 2 is 1.57 bits per heavy atom. The van der Waals surface area contributed by atoms with Crippen LogP contribution in [-0.2, 0) is 9.59 Å². The Morgan fingerprint density at radius 3 is 2.21 bits per heavy atom. The van der Waals surface area contributed by atoms with Crippen molar-refractivity contribution < 1.29 is 9.59 Å². The zero-order chi connectivity index (χ0) is 19.8. The first kappa shape index (κ1) is 19.0. The van der Waals surface area contributed by atoms with Gasteiger partial charge in [0, 0.05) is 23.1 Å². The minimum absolute atomic E-state index is 0.299. The van der Waals surface area contributed by atoms with E-state index in [1.165, 1.54) is 4.90 Å². The van der Waals surface area contributed by atoms with Gasteiger partial charge in [-0.3, -0.25) is 9.59 Å². The van der Waals surface area contributed by atoms with Crippen molar-refractivity contribution in [2.24, 2.45) is 5.92 Å². The summed E-state index contributed by atoms with van der Waals surface area (Å²) in [7, 11) is 0. The molecule has 0 unspecified atom stereocenters. The van der Waals surface area contributed by atoms with Crippen molar-refractivity contribution in [2.45, 2.75) is 19.8 Å². The summed E-state index contributed by atoms with van der Waals surface area (Å²) in [5, 5.41) is 1.06. The van der Waals surface area contributed by atoms with E-state index < -0.39 is 0 Å². The third-order valence-corrected chi connectivity index (χ3v) is 5.85. The Morgan fingerprint density at radius 1 is 0.893 bits per heavy atom. The minimum Gasteiger partial charge on any atom is -0.366 e. The zero-order valence-corrected chi connectivity index (χ0v) is 17.0. The average Bonchev–Trinajstić information content (AvgIpc) is 2.93. The summed E-state index contributed by atoms with van der Waals surface area (Å²) in [5.74, 6) is -0.0120. The quantitative estimate of drug-likeness (QED) is 0.662. The van der Waals surface area contributed by atoms with E-state index in [0.717, 1.165) is 25.9 Å². The van der Waals surface area contributed by atoms with E-state index in [9.17, 15) is 9.59 Å². The monoisotopic (exact) mass is 414 g/mol. The van der Waals surface area contributed by atoms with Gasteiger partial charge in [-0.2, -0.15) is 0 Å². The van der Waals surface area contributed by atoms with Crippen LogP contribution in [0, 0.1) is 5.92 Å². The number of rotatable bonds is 3. The lowest BCUT2D eigenvalue weighted by Gasteiger charge is -2.32. The van der Waals surface area contributed by atoms with Crippen LogP contribution in [0.2, 0.25) is 10.0 Å². The van der Waals surface area contributed by atoms with Crippen LogP contribution in [0.5, 0.6) is 0 Å². The SMILES string of the molecule is CC1CCN(C2=C(c3ccc(Cl)cc3)C(=O)N(c3cccc(Cl)c3)C2=O)CC1. The minimum atomic E-state index is -0.330. The highest BCUT2D eigenvalue weighted by Crippen LogP contribution is 2.37. The number of halogens is 2. The van der Waals surface area contributed by atoms with Crippen molar-refractivity contribution in [3.05, 3.63) is 69.8 Å². The van der Waals surface area contributed by atoms with E-state index in [4.69, 9.17) is 23.2 Å². The molecule has 0 radical (unpaired) electrons. The fraction of sp³-hybridized carbons (Fsp3) is 0.273. The van der Waals surface area contributed by atoms with Gasteiger partial charge in [-0.15, -0.1) is 0 Å². The average molecular weight is 415 g/mol. The Kier molecular flexibility index (Phi) is 5.17. The van der Waals surface area contributed by atoms with E-state index in [1.54, 1.807) is 48.5 Å². The van der Waals surface area contributed by atoms with Crippen LogP contribution in [0.4, 0.5) is 5.69 Å². The van der Waals surface area contributed by atoms with Gasteiger partial charge in [0.1, 0.15) is 5.70 Å². The summed E-state index contributed by atoms with van der Waals surface area (Å²) in [6.07, 6.45) is 1.99. The van der Waals surface area contributed by atoms with Crippen LogP contribution in [0.25, 0.3) is 5.57 Å². The smallest absolute Gasteiger partial charge is 0.282 e. The summed E-state index contributed by atoms with van der Waals surface area (Å²) in [6.45, 7) is 3.73. The van der Waals surface area contributed by atoms with Crippen LogP contribution in [0.1, 0.15) is 25.3 Å². The fourth-order valence-electron chi connectivity index (χ4n) is 3.77. The number of likely N-dealkylation sites (tertiary alicyclic amines) is 1. The van der Waals surface area contributed by atoms with E-state index in [2.05, 4.69) is 11.8 Å². The summed E-state index contributed by atoms with van der Waals surface area (Å²) in [4.78, 5) is 30.0. The molecule has 2 aliphatic rings. The second-order valence-corrected chi connectivity index (χ2v) is 8.20. The fourth-order valence-corrected chi connectivity index (χ4v) is 4.08. The molecule has 6 heteroatoms. The normalized spacial score (nSPS) is 18.4. The van der Waals surface area contributed by atoms with E-state index in [1.807, 2.05) is 0 Å². The van der Waals surface area contributed by atoms with Gasteiger partial charge in [0.2, 0.25) is 0 Å². The van der Waals surface area contributed by atoms with Crippen LogP contribution in [0.3, 0.4) is 0 Å². The van der Waals surface area contributed by atoms with Crippen molar-refractivity contribution in [2.75, 3.05) is 18.0 Å². The molecule has 2 aliphatic heterocycles. The molecule has 0 atom stereocenters. The van der Waals surface area contributed by atoms with Crippen molar-refractivity contribution >= 4 is 46.3 Å². The first-order valence-corrected chi connectivity index (χ1v) is 10.1. The number of imide groups is 1. The molecule has 144 valence electrons. The lowest BCUT2D eigenvalue weighted by atomic mass is 9.97. The first-order chi connectivity index (χ1) is 13.5. The molecule has 0 saturated carbocycles. The van der Waals surface area contributed by atoms with Gasteiger partial charge < -0.3 is 4.90 Å². The molecule has 1 saturated heterocycles. The zero-order valence-electron chi connectivity index (χ0n) is 15.5. The number of anilines is 1. The molecule has 4 rings (SSSR count). The van der Waals surface area contributed by atoms with Gasteiger partial charge in [0.15, 0.2) is 0 Å². The Balaban J connectivity index is 1.81. The van der Waals surface area contributed by atoms with E-state index >= 15 is 0 Å². The number of benzene rings is 2. The van der Waals surface area contributed by atoms with Crippen LogP contribution in [0.15, 0.2) is 54.2 Å². The number of hydrogen-bond donors (Lipinski definition) is 0. The molecule has 0 aromatic heterocycles. The number of carbonyl (C=O) groups is 2. The second kappa shape index (κ2) is 7.61. The molecule has 28 heavy (non-hydrogen) atoms. The Hall–Kier alpha value is -2.30. The van der Waals surface area contributed by atoms with Gasteiger partial charge in [-0.05, 0) is 54.7 Å². The summed E-state index contributed by atoms with van der Waals surface area (Å²) < 4.78 is 0. The maximum atomic E-state index is 13.4.